The summed E-state index contributed by atoms with van der Waals surface area (Å²) in [4.78, 5) is 18.5. The highest BCUT2D eigenvalue weighted by atomic mass is 32.2. The molecule has 36 heavy (non-hydrogen) atoms. The first-order chi connectivity index (χ1) is 17.5. The highest BCUT2D eigenvalue weighted by Crippen LogP contribution is 2.46. The SMILES string of the molecule is CN(C[C@H](CCN1CCC2(CC1)C[S@+]([O-])c1ccccc12)c1ccccc1)C(=O)Cc1ccccc1. The van der Waals surface area contributed by atoms with E-state index >= 15 is 0 Å². The summed E-state index contributed by atoms with van der Waals surface area (Å²) in [5.74, 6) is 1.24. The zero-order valence-electron chi connectivity index (χ0n) is 21.1. The van der Waals surface area contributed by atoms with Crippen LogP contribution in [0.4, 0.5) is 0 Å². The quantitative estimate of drug-likeness (QED) is 0.408. The molecule has 4 nitrogen and oxygen atoms in total. The Balaban J connectivity index is 1.20. The summed E-state index contributed by atoms with van der Waals surface area (Å²) >= 11 is -0.864. The van der Waals surface area contributed by atoms with Crippen LogP contribution in [0.15, 0.2) is 89.8 Å². The van der Waals surface area contributed by atoms with Crippen LogP contribution in [0.5, 0.6) is 0 Å². The van der Waals surface area contributed by atoms with Gasteiger partial charge in [-0.3, -0.25) is 4.79 Å². The highest BCUT2D eigenvalue weighted by Gasteiger charge is 2.48. The molecule has 0 aromatic heterocycles. The number of piperidine rings is 1. The fourth-order valence-electron chi connectivity index (χ4n) is 5.89. The predicted molar refractivity (Wildman–Crippen MR) is 147 cm³/mol. The van der Waals surface area contributed by atoms with Gasteiger partial charge in [0.1, 0.15) is 5.75 Å². The first-order valence-corrected chi connectivity index (χ1v) is 14.4. The van der Waals surface area contributed by atoms with Gasteiger partial charge in [0.25, 0.3) is 0 Å². The number of amides is 1. The van der Waals surface area contributed by atoms with Crippen molar-refractivity contribution >= 4 is 17.1 Å². The maximum atomic E-state index is 12.9. The lowest BCUT2D eigenvalue weighted by molar-refractivity contribution is -0.129. The Morgan fingerprint density at radius 1 is 0.972 bits per heavy atom. The molecule has 2 heterocycles. The lowest BCUT2D eigenvalue weighted by Gasteiger charge is -2.38. The van der Waals surface area contributed by atoms with Crippen LogP contribution < -0.4 is 0 Å². The molecule has 2 aliphatic rings. The molecule has 188 valence electrons. The van der Waals surface area contributed by atoms with E-state index in [1.165, 1.54) is 11.1 Å². The van der Waals surface area contributed by atoms with Gasteiger partial charge in [-0.25, -0.2) is 0 Å². The summed E-state index contributed by atoms with van der Waals surface area (Å²) in [6, 6.07) is 29.0. The van der Waals surface area contributed by atoms with Crippen LogP contribution in [0.1, 0.15) is 41.9 Å². The van der Waals surface area contributed by atoms with Crippen molar-refractivity contribution in [3.8, 4) is 0 Å². The van der Waals surface area contributed by atoms with Crippen LogP contribution in [-0.4, -0.2) is 59.2 Å². The summed E-state index contributed by atoms with van der Waals surface area (Å²) in [5, 5.41) is 0. The number of carbonyl (C=O) groups is 1. The molecule has 1 spiro atoms. The summed E-state index contributed by atoms with van der Waals surface area (Å²) in [6.45, 7) is 3.81. The Morgan fingerprint density at radius 3 is 2.33 bits per heavy atom. The molecule has 3 aromatic rings. The van der Waals surface area contributed by atoms with Crippen molar-refractivity contribution in [2.75, 3.05) is 39.0 Å². The van der Waals surface area contributed by atoms with Gasteiger partial charge in [0.2, 0.25) is 5.91 Å². The molecule has 2 aliphatic heterocycles. The Bertz CT molecular complexity index is 1150. The Kier molecular flexibility index (Phi) is 7.80. The molecule has 0 unspecified atom stereocenters. The third-order valence-corrected chi connectivity index (χ3v) is 9.77. The van der Waals surface area contributed by atoms with Gasteiger partial charge in [-0.2, -0.15) is 0 Å². The number of benzene rings is 3. The van der Waals surface area contributed by atoms with Gasteiger partial charge < -0.3 is 14.4 Å². The molecule has 5 heteroatoms. The lowest BCUT2D eigenvalue weighted by Crippen LogP contribution is -2.44. The van der Waals surface area contributed by atoms with E-state index in [1.807, 2.05) is 54.4 Å². The lowest BCUT2D eigenvalue weighted by atomic mass is 9.74. The van der Waals surface area contributed by atoms with Gasteiger partial charge in [0, 0.05) is 30.5 Å². The molecule has 1 fully saturated rings. The van der Waals surface area contributed by atoms with Gasteiger partial charge in [0.15, 0.2) is 4.90 Å². The van der Waals surface area contributed by atoms with E-state index in [0.717, 1.165) is 61.7 Å². The standard InChI is InChI=1S/C31H36N2O2S/c1-32(30(34)22-25-10-4-2-5-11-25)23-27(26-12-6-3-7-13-26)16-19-33-20-17-31(18-21-33)24-36(35)29-15-9-8-14-28(29)31/h2-15,27H,16-24H2,1H3/t27-,36-/m0/s1. The van der Waals surface area contributed by atoms with Crippen LogP contribution in [0, 0.1) is 0 Å². The van der Waals surface area contributed by atoms with Crippen molar-refractivity contribution in [3.63, 3.8) is 0 Å². The number of fused-ring (bicyclic) bond motifs is 2. The Hall–Kier alpha value is -2.60. The van der Waals surface area contributed by atoms with Crippen LogP contribution in [0.3, 0.4) is 0 Å². The van der Waals surface area contributed by atoms with E-state index < -0.39 is 11.2 Å². The topological polar surface area (TPSA) is 46.6 Å². The zero-order valence-corrected chi connectivity index (χ0v) is 22.0. The fourth-order valence-corrected chi connectivity index (χ4v) is 7.75. The van der Waals surface area contributed by atoms with Crippen molar-refractivity contribution in [2.45, 2.75) is 41.9 Å². The molecule has 0 bridgehead atoms. The third kappa shape index (κ3) is 5.54. The summed E-state index contributed by atoms with van der Waals surface area (Å²) in [5.41, 5.74) is 3.76. The number of likely N-dealkylation sites (tertiary alicyclic amines) is 1. The largest absolute Gasteiger partial charge is 0.611 e. The Morgan fingerprint density at radius 2 is 1.61 bits per heavy atom. The number of hydrogen-bond donors (Lipinski definition) is 0. The second kappa shape index (κ2) is 11.2. The highest BCUT2D eigenvalue weighted by molar-refractivity contribution is 7.91. The molecule has 1 saturated heterocycles. The maximum Gasteiger partial charge on any atom is 0.226 e. The molecule has 3 aromatic carbocycles. The molecular formula is C31H36N2O2S. The molecular weight excluding hydrogens is 464 g/mol. The number of carbonyl (C=O) groups excluding carboxylic acids is 1. The van der Waals surface area contributed by atoms with E-state index in [1.54, 1.807) is 0 Å². The molecule has 5 rings (SSSR count). The minimum atomic E-state index is -0.864. The predicted octanol–water partition coefficient (Wildman–Crippen LogP) is 5.02. The van der Waals surface area contributed by atoms with Crippen LogP contribution >= 0.6 is 0 Å². The molecule has 0 radical (unpaired) electrons. The van der Waals surface area contributed by atoms with E-state index in [-0.39, 0.29) is 11.3 Å². The number of likely N-dealkylation sites (N-methyl/N-ethyl adjacent to an activating group) is 1. The average molecular weight is 501 g/mol. The number of nitrogens with zero attached hydrogens (tertiary/aromatic N) is 2. The number of hydrogen-bond acceptors (Lipinski definition) is 3. The van der Waals surface area contributed by atoms with E-state index in [4.69, 9.17) is 0 Å². The summed E-state index contributed by atoms with van der Waals surface area (Å²) in [6.07, 6.45) is 3.60. The smallest absolute Gasteiger partial charge is 0.226 e. The normalized spacial score (nSPS) is 19.7. The van der Waals surface area contributed by atoms with Gasteiger partial charge in [0.05, 0.1) is 6.42 Å². The van der Waals surface area contributed by atoms with E-state index in [0.29, 0.717) is 12.3 Å². The second-order valence-corrected chi connectivity index (χ2v) is 11.9. The fraction of sp³-hybridized carbons (Fsp3) is 0.387. The Labute approximate surface area is 218 Å². The zero-order chi connectivity index (χ0) is 25.0. The first-order valence-electron chi connectivity index (χ1n) is 13.1. The number of rotatable bonds is 8. The van der Waals surface area contributed by atoms with Crippen molar-refractivity contribution in [2.24, 2.45) is 0 Å². The third-order valence-electron chi connectivity index (χ3n) is 8.11. The maximum absolute atomic E-state index is 12.9. The van der Waals surface area contributed by atoms with E-state index in [2.05, 4.69) is 47.4 Å². The van der Waals surface area contributed by atoms with Crippen molar-refractivity contribution in [3.05, 3.63) is 102 Å². The van der Waals surface area contributed by atoms with Crippen LogP contribution in [0.25, 0.3) is 0 Å². The van der Waals surface area contributed by atoms with Crippen LogP contribution in [0.2, 0.25) is 0 Å². The second-order valence-electron chi connectivity index (χ2n) is 10.4. The van der Waals surface area contributed by atoms with Crippen molar-refractivity contribution < 1.29 is 9.35 Å². The first kappa shape index (κ1) is 25.1. The molecule has 0 saturated carbocycles. The van der Waals surface area contributed by atoms with Crippen molar-refractivity contribution in [1.29, 1.82) is 0 Å². The molecule has 0 aliphatic carbocycles. The van der Waals surface area contributed by atoms with E-state index in [9.17, 15) is 9.35 Å². The van der Waals surface area contributed by atoms with Gasteiger partial charge >= 0.3 is 0 Å². The van der Waals surface area contributed by atoms with Crippen molar-refractivity contribution in [1.82, 2.24) is 9.80 Å². The minimum Gasteiger partial charge on any atom is -0.611 e. The molecule has 1 amide bonds. The molecule has 0 N–H and O–H groups in total. The summed E-state index contributed by atoms with van der Waals surface area (Å²) < 4.78 is 12.7. The summed E-state index contributed by atoms with van der Waals surface area (Å²) in [7, 11) is 1.93. The average Bonchev–Trinajstić information content (AvgIpc) is 3.19. The molecule has 2 atom stereocenters. The monoisotopic (exact) mass is 500 g/mol. The van der Waals surface area contributed by atoms with Crippen LogP contribution in [-0.2, 0) is 27.8 Å². The van der Waals surface area contributed by atoms with Gasteiger partial charge in [-0.15, -0.1) is 0 Å². The van der Waals surface area contributed by atoms with Gasteiger partial charge in [-0.05, 0) is 67.3 Å². The minimum absolute atomic E-state index is 0.0842. The van der Waals surface area contributed by atoms with Gasteiger partial charge in [-0.1, -0.05) is 78.9 Å².